The zero-order chi connectivity index (χ0) is 11.4. The van der Waals surface area contributed by atoms with Crippen LogP contribution in [0.15, 0.2) is 16.6 Å². The van der Waals surface area contributed by atoms with Gasteiger partial charge in [0.05, 0.1) is 17.7 Å². The number of aryl methyl sites for hydroxylation is 1. The molecule has 0 heterocycles. The summed E-state index contributed by atoms with van der Waals surface area (Å²) in [6.45, 7) is 3.89. The van der Waals surface area contributed by atoms with Gasteiger partial charge in [-0.3, -0.25) is 0 Å². The number of esters is 1. The number of hydrogen-bond acceptors (Lipinski definition) is 3. The number of rotatable bonds is 2. The van der Waals surface area contributed by atoms with Crippen LogP contribution in [-0.4, -0.2) is 12.6 Å². The van der Waals surface area contributed by atoms with E-state index in [2.05, 4.69) is 15.9 Å². The number of hydrogen-bond donors (Lipinski definition) is 0. The summed E-state index contributed by atoms with van der Waals surface area (Å²) >= 11 is 3.28. The molecule has 0 saturated carbocycles. The van der Waals surface area contributed by atoms with Gasteiger partial charge in [0, 0.05) is 4.47 Å². The highest BCUT2D eigenvalue weighted by atomic mass is 79.9. The molecule has 0 amide bonds. The largest absolute Gasteiger partial charge is 0.462 e. The lowest BCUT2D eigenvalue weighted by Crippen LogP contribution is -2.07. The van der Waals surface area contributed by atoms with Crippen molar-refractivity contribution in [1.82, 2.24) is 0 Å². The predicted molar refractivity (Wildman–Crippen MR) is 59.6 cm³/mol. The molecule has 0 spiro atoms. The summed E-state index contributed by atoms with van der Waals surface area (Å²) in [6, 6.07) is 5.38. The molecule has 0 bridgehead atoms. The normalized spacial score (nSPS) is 9.47. The van der Waals surface area contributed by atoms with Crippen molar-refractivity contribution in [3.05, 3.63) is 33.3 Å². The van der Waals surface area contributed by atoms with Gasteiger partial charge in [-0.05, 0) is 41.4 Å². The quantitative estimate of drug-likeness (QED) is 0.775. The van der Waals surface area contributed by atoms with E-state index in [0.29, 0.717) is 22.2 Å². The fourth-order valence-corrected chi connectivity index (χ4v) is 1.60. The molecule has 0 aliphatic rings. The predicted octanol–water partition coefficient (Wildman–Crippen LogP) is 2.81. The van der Waals surface area contributed by atoms with Gasteiger partial charge in [-0.25, -0.2) is 4.79 Å². The number of benzene rings is 1. The highest BCUT2D eigenvalue weighted by molar-refractivity contribution is 9.10. The number of ether oxygens (including phenoxy) is 1. The number of nitriles is 1. The van der Waals surface area contributed by atoms with Crippen LogP contribution in [0.4, 0.5) is 0 Å². The molecule has 0 aromatic heterocycles. The number of carbonyl (C=O) groups is 1. The van der Waals surface area contributed by atoms with E-state index in [1.165, 1.54) is 0 Å². The third-order valence-corrected chi connectivity index (χ3v) is 2.96. The molecule has 0 aliphatic heterocycles. The standard InChI is InChI=1S/C11H10BrNO2/c1-3-15-11(14)8-5-4-7(2)10(12)9(8)6-13/h4-5H,3H2,1-2H3. The molecule has 0 aliphatic carbocycles. The summed E-state index contributed by atoms with van der Waals surface area (Å²) in [5.41, 5.74) is 1.55. The third-order valence-electron chi connectivity index (χ3n) is 1.94. The second-order valence-electron chi connectivity index (χ2n) is 2.95. The molecule has 0 N–H and O–H groups in total. The van der Waals surface area contributed by atoms with Crippen LogP contribution in [-0.2, 0) is 4.74 Å². The molecule has 0 fully saturated rings. The fraction of sp³-hybridized carbons (Fsp3) is 0.273. The Hall–Kier alpha value is -1.34. The summed E-state index contributed by atoms with van der Waals surface area (Å²) in [4.78, 5) is 11.5. The molecule has 4 heteroatoms. The summed E-state index contributed by atoms with van der Waals surface area (Å²) in [6.07, 6.45) is 0. The summed E-state index contributed by atoms with van der Waals surface area (Å²) in [7, 11) is 0. The Bertz CT molecular complexity index is 435. The maximum absolute atomic E-state index is 11.5. The number of nitrogens with zero attached hydrogens (tertiary/aromatic N) is 1. The summed E-state index contributed by atoms with van der Waals surface area (Å²) < 4.78 is 5.50. The van der Waals surface area contributed by atoms with Crippen LogP contribution in [0.2, 0.25) is 0 Å². The lowest BCUT2D eigenvalue weighted by atomic mass is 10.1. The molecular weight excluding hydrogens is 258 g/mol. The highest BCUT2D eigenvalue weighted by Gasteiger charge is 2.15. The van der Waals surface area contributed by atoms with Crippen molar-refractivity contribution in [2.24, 2.45) is 0 Å². The Morgan fingerprint density at radius 2 is 2.27 bits per heavy atom. The van der Waals surface area contributed by atoms with Crippen molar-refractivity contribution in [2.75, 3.05) is 6.61 Å². The van der Waals surface area contributed by atoms with Crippen LogP contribution in [0.25, 0.3) is 0 Å². The molecule has 0 unspecified atom stereocenters. The Morgan fingerprint density at radius 3 is 2.80 bits per heavy atom. The summed E-state index contributed by atoms with van der Waals surface area (Å²) in [5.74, 6) is -0.463. The molecule has 0 radical (unpaired) electrons. The van der Waals surface area contributed by atoms with Crippen LogP contribution < -0.4 is 0 Å². The van der Waals surface area contributed by atoms with Crippen molar-refractivity contribution < 1.29 is 9.53 Å². The maximum atomic E-state index is 11.5. The topological polar surface area (TPSA) is 50.1 Å². The molecule has 0 atom stereocenters. The monoisotopic (exact) mass is 267 g/mol. The van der Waals surface area contributed by atoms with Crippen LogP contribution in [0, 0.1) is 18.3 Å². The first-order chi connectivity index (χ1) is 7.11. The molecule has 1 rings (SSSR count). The first-order valence-corrected chi connectivity index (χ1v) is 5.27. The molecule has 1 aromatic rings. The maximum Gasteiger partial charge on any atom is 0.339 e. The van der Waals surface area contributed by atoms with Crippen LogP contribution >= 0.6 is 15.9 Å². The molecule has 78 valence electrons. The van der Waals surface area contributed by atoms with E-state index < -0.39 is 5.97 Å². The fourth-order valence-electron chi connectivity index (χ4n) is 1.17. The van der Waals surface area contributed by atoms with E-state index in [9.17, 15) is 4.79 Å². The van der Waals surface area contributed by atoms with E-state index in [-0.39, 0.29) is 0 Å². The van der Waals surface area contributed by atoms with Crippen LogP contribution in [0.3, 0.4) is 0 Å². The van der Waals surface area contributed by atoms with Gasteiger partial charge in [0.2, 0.25) is 0 Å². The van der Waals surface area contributed by atoms with Crippen LogP contribution in [0.1, 0.15) is 28.4 Å². The minimum Gasteiger partial charge on any atom is -0.462 e. The molecule has 3 nitrogen and oxygen atoms in total. The number of carbonyl (C=O) groups excluding carboxylic acids is 1. The first kappa shape index (κ1) is 11.7. The van der Waals surface area contributed by atoms with Gasteiger partial charge in [0.1, 0.15) is 6.07 Å². The minimum absolute atomic E-state index is 0.301. The average molecular weight is 268 g/mol. The van der Waals surface area contributed by atoms with Gasteiger partial charge >= 0.3 is 5.97 Å². The zero-order valence-electron chi connectivity index (χ0n) is 8.50. The van der Waals surface area contributed by atoms with Crippen molar-refractivity contribution >= 4 is 21.9 Å². The first-order valence-electron chi connectivity index (χ1n) is 4.48. The average Bonchev–Trinajstić information content (AvgIpc) is 2.22. The van der Waals surface area contributed by atoms with E-state index in [1.807, 2.05) is 13.0 Å². The van der Waals surface area contributed by atoms with Crippen molar-refractivity contribution in [2.45, 2.75) is 13.8 Å². The lowest BCUT2D eigenvalue weighted by Gasteiger charge is -2.06. The second-order valence-corrected chi connectivity index (χ2v) is 3.74. The third kappa shape index (κ3) is 2.37. The SMILES string of the molecule is CCOC(=O)c1ccc(C)c(Br)c1C#N. The van der Waals surface area contributed by atoms with Gasteiger partial charge in [-0.15, -0.1) is 0 Å². The van der Waals surface area contributed by atoms with Gasteiger partial charge in [-0.1, -0.05) is 6.07 Å². The Labute approximate surface area is 96.8 Å². The summed E-state index contributed by atoms with van der Waals surface area (Å²) in [5, 5.41) is 8.95. The van der Waals surface area contributed by atoms with Gasteiger partial charge in [0.25, 0.3) is 0 Å². The zero-order valence-corrected chi connectivity index (χ0v) is 10.1. The van der Waals surface area contributed by atoms with E-state index in [4.69, 9.17) is 10.00 Å². The molecule has 0 saturated heterocycles. The lowest BCUT2D eigenvalue weighted by molar-refractivity contribution is 0.0526. The molecular formula is C11H10BrNO2. The van der Waals surface area contributed by atoms with Gasteiger partial charge < -0.3 is 4.74 Å². The van der Waals surface area contributed by atoms with Gasteiger partial charge in [-0.2, -0.15) is 5.26 Å². The van der Waals surface area contributed by atoms with E-state index in [0.717, 1.165) is 5.56 Å². The van der Waals surface area contributed by atoms with E-state index in [1.54, 1.807) is 19.1 Å². The van der Waals surface area contributed by atoms with Gasteiger partial charge in [0.15, 0.2) is 0 Å². The Kier molecular flexibility index (Phi) is 3.87. The minimum atomic E-state index is -0.463. The Morgan fingerprint density at radius 1 is 1.60 bits per heavy atom. The van der Waals surface area contributed by atoms with Crippen molar-refractivity contribution in [1.29, 1.82) is 5.26 Å². The highest BCUT2D eigenvalue weighted by Crippen LogP contribution is 2.24. The van der Waals surface area contributed by atoms with E-state index >= 15 is 0 Å². The van der Waals surface area contributed by atoms with Crippen molar-refractivity contribution in [3.8, 4) is 6.07 Å². The van der Waals surface area contributed by atoms with Crippen LogP contribution in [0.5, 0.6) is 0 Å². The molecule has 1 aromatic carbocycles. The smallest absolute Gasteiger partial charge is 0.339 e. The Balaban J connectivity index is 3.26. The second kappa shape index (κ2) is 4.94. The van der Waals surface area contributed by atoms with Crippen molar-refractivity contribution in [3.63, 3.8) is 0 Å². The molecule has 15 heavy (non-hydrogen) atoms. The number of halogens is 1.